The highest BCUT2D eigenvalue weighted by molar-refractivity contribution is 6.42. The standard InChI is InChI=1S/C15H12Cl2F2N2O2/c16-11-3-1-9(7-12(11)17)21-15(22)20-5-6-23-10-2-4-13(18)14(19)8-10/h1-4,7-8H,5-6H2,(H2,20,21,22). The highest BCUT2D eigenvalue weighted by atomic mass is 35.5. The minimum Gasteiger partial charge on any atom is -0.492 e. The van der Waals surface area contributed by atoms with E-state index in [0.29, 0.717) is 15.7 Å². The van der Waals surface area contributed by atoms with Crippen molar-refractivity contribution in [3.63, 3.8) is 0 Å². The number of carbonyl (C=O) groups excluding carboxylic acids is 1. The fourth-order valence-electron chi connectivity index (χ4n) is 1.65. The van der Waals surface area contributed by atoms with Crippen LogP contribution < -0.4 is 15.4 Å². The molecule has 0 bridgehead atoms. The van der Waals surface area contributed by atoms with Crippen LogP contribution in [-0.2, 0) is 0 Å². The lowest BCUT2D eigenvalue weighted by Crippen LogP contribution is -2.32. The Morgan fingerprint density at radius 2 is 1.83 bits per heavy atom. The minimum absolute atomic E-state index is 0.0971. The lowest BCUT2D eigenvalue weighted by atomic mass is 10.3. The summed E-state index contributed by atoms with van der Waals surface area (Å²) in [7, 11) is 0. The summed E-state index contributed by atoms with van der Waals surface area (Å²) < 4.78 is 30.9. The second-order valence-corrected chi connectivity index (χ2v) is 5.25. The molecule has 0 saturated heterocycles. The van der Waals surface area contributed by atoms with Crippen molar-refractivity contribution in [2.24, 2.45) is 0 Å². The molecule has 2 aromatic rings. The normalized spacial score (nSPS) is 10.3. The molecule has 8 heteroatoms. The number of amides is 2. The van der Waals surface area contributed by atoms with Crippen LogP contribution in [-0.4, -0.2) is 19.2 Å². The second kappa shape index (κ2) is 7.99. The monoisotopic (exact) mass is 360 g/mol. The third-order valence-electron chi connectivity index (χ3n) is 2.72. The molecule has 2 aromatic carbocycles. The molecule has 2 rings (SSSR count). The van der Waals surface area contributed by atoms with E-state index in [4.69, 9.17) is 27.9 Å². The molecule has 122 valence electrons. The lowest BCUT2D eigenvalue weighted by Gasteiger charge is -2.09. The number of anilines is 1. The van der Waals surface area contributed by atoms with Gasteiger partial charge >= 0.3 is 6.03 Å². The number of rotatable bonds is 5. The average molecular weight is 361 g/mol. The zero-order valence-corrected chi connectivity index (χ0v) is 13.2. The second-order valence-electron chi connectivity index (χ2n) is 4.43. The number of hydrogen-bond acceptors (Lipinski definition) is 2. The van der Waals surface area contributed by atoms with E-state index in [-0.39, 0.29) is 18.9 Å². The Morgan fingerprint density at radius 1 is 1.04 bits per heavy atom. The molecule has 2 amide bonds. The molecule has 0 fully saturated rings. The lowest BCUT2D eigenvalue weighted by molar-refractivity contribution is 0.247. The van der Waals surface area contributed by atoms with Gasteiger partial charge in [0.2, 0.25) is 0 Å². The Labute approximate surface area is 141 Å². The fraction of sp³-hybridized carbons (Fsp3) is 0.133. The molecule has 0 aromatic heterocycles. The summed E-state index contributed by atoms with van der Waals surface area (Å²) in [5.74, 6) is -1.76. The molecule has 4 nitrogen and oxygen atoms in total. The number of nitrogens with one attached hydrogen (secondary N) is 2. The Kier molecular flexibility index (Phi) is 6.01. The molecular weight excluding hydrogens is 349 g/mol. The third-order valence-corrected chi connectivity index (χ3v) is 3.46. The Balaban J connectivity index is 1.74. The summed E-state index contributed by atoms with van der Waals surface area (Å²) in [5, 5.41) is 5.82. The highest BCUT2D eigenvalue weighted by Crippen LogP contribution is 2.24. The maximum absolute atomic E-state index is 13.0. The van der Waals surface area contributed by atoms with Gasteiger partial charge in [-0.2, -0.15) is 0 Å². The molecule has 0 saturated carbocycles. The summed E-state index contributed by atoms with van der Waals surface area (Å²) in [6, 6.07) is 7.42. The maximum atomic E-state index is 13.0. The Morgan fingerprint density at radius 3 is 2.52 bits per heavy atom. The molecular formula is C15H12Cl2F2N2O2. The molecule has 0 aliphatic rings. The number of halogens is 4. The smallest absolute Gasteiger partial charge is 0.319 e. The van der Waals surface area contributed by atoms with Crippen LogP contribution >= 0.6 is 23.2 Å². The van der Waals surface area contributed by atoms with Crippen LogP contribution in [0.15, 0.2) is 36.4 Å². The molecule has 0 radical (unpaired) electrons. The number of benzene rings is 2. The van der Waals surface area contributed by atoms with E-state index in [2.05, 4.69) is 10.6 Å². The van der Waals surface area contributed by atoms with Gasteiger partial charge in [0, 0.05) is 11.8 Å². The zero-order valence-electron chi connectivity index (χ0n) is 11.7. The zero-order chi connectivity index (χ0) is 16.8. The van der Waals surface area contributed by atoms with Gasteiger partial charge in [0.05, 0.1) is 16.6 Å². The van der Waals surface area contributed by atoms with E-state index in [1.807, 2.05) is 0 Å². The summed E-state index contributed by atoms with van der Waals surface area (Å²) in [4.78, 5) is 11.7. The van der Waals surface area contributed by atoms with Gasteiger partial charge in [-0.25, -0.2) is 13.6 Å². The van der Waals surface area contributed by atoms with Gasteiger partial charge < -0.3 is 15.4 Å². The van der Waals surface area contributed by atoms with Gasteiger partial charge in [0.15, 0.2) is 11.6 Å². The van der Waals surface area contributed by atoms with Crippen LogP contribution in [0.2, 0.25) is 10.0 Å². The molecule has 0 aliphatic carbocycles. The van der Waals surface area contributed by atoms with Gasteiger partial charge in [0.1, 0.15) is 12.4 Å². The van der Waals surface area contributed by atoms with E-state index in [0.717, 1.165) is 12.1 Å². The third kappa shape index (κ3) is 5.26. The van der Waals surface area contributed by atoms with E-state index >= 15 is 0 Å². The summed E-state index contributed by atoms with van der Waals surface area (Å²) in [5.41, 5.74) is 0.485. The maximum Gasteiger partial charge on any atom is 0.319 e. The van der Waals surface area contributed by atoms with Crippen molar-refractivity contribution in [2.45, 2.75) is 0 Å². The van der Waals surface area contributed by atoms with Crippen molar-refractivity contribution in [1.29, 1.82) is 0 Å². The largest absolute Gasteiger partial charge is 0.492 e. The first-order valence-corrected chi connectivity index (χ1v) is 7.29. The van der Waals surface area contributed by atoms with E-state index in [1.165, 1.54) is 12.1 Å². The quantitative estimate of drug-likeness (QED) is 0.772. The summed E-state index contributed by atoms with van der Waals surface area (Å²) in [6.45, 7) is 0.270. The minimum atomic E-state index is -0.993. The van der Waals surface area contributed by atoms with Crippen molar-refractivity contribution in [3.05, 3.63) is 58.1 Å². The number of ether oxygens (including phenoxy) is 1. The van der Waals surface area contributed by atoms with E-state index < -0.39 is 17.7 Å². The van der Waals surface area contributed by atoms with E-state index in [9.17, 15) is 13.6 Å². The Hall–Kier alpha value is -2.05. The molecule has 0 aliphatic heterocycles. The van der Waals surface area contributed by atoms with Crippen molar-refractivity contribution in [2.75, 3.05) is 18.5 Å². The molecule has 2 N–H and O–H groups in total. The van der Waals surface area contributed by atoms with Gasteiger partial charge in [-0.3, -0.25) is 0 Å². The number of hydrogen-bond donors (Lipinski definition) is 2. The van der Waals surface area contributed by atoms with Crippen molar-refractivity contribution in [3.8, 4) is 5.75 Å². The van der Waals surface area contributed by atoms with Gasteiger partial charge in [0.25, 0.3) is 0 Å². The number of carbonyl (C=O) groups is 1. The van der Waals surface area contributed by atoms with Gasteiger partial charge in [-0.05, 0) is 30.3 Å². The van der Waals surface area contributed by atoms with Crippen LogP contribution in [0.5, 0.6) is 5.75 Å². The van der Waals surface area contributed by atoms with Crippen molar-refractivity contribution in [1.82, 2.24) is 5.32 Å². The SMILES string of the molecule is O=C(NCCOc1ccc(F)c(F)c1)Nc1ccc(Cl)c(Cl)c1. The summed E-state index contributed by atoms with van der Waals surface area (Å²) in [6.07, 6.45) is 0. The predicted molar refractivity (Wildman–Crippen MR) is 85.3 cm³/mol. The molecule has 0 heterocycles. The summed E-state index contributed by atoms with van der Waals surface area (Å²) >= 11 is 11.6. The van der Waals surface area contributed by atoms with Crippen LogP contribution in [0.3, 0.4) is 0 Å². The van der Waals surface area contributed by atoms with Crippen molar-refractivity contribution >= 4 is 34.9 Å². The van der Waals surface area contributed by atoms with Crippen molar-refractivity contribution < 1.29 is 18.3 Å². The van der Waals surface area contributed by atoms with Crippen LogP contribution in [0.1, 0.15) is 0 Å². The first-order chi connectivity index (χ1) is 11.0. The van der Waals surface area contributed by atoms with Crippen LogP contribution in [0.25, 0.3) is 0 Å². The predicted octanol–water partition coefficient (Wildman–Crippen LogP) is 4.47. The van der Waals surface area contributed by atoms with Crippen LogP contribution in [0, 0.1) is 11.6 Å². The molecule has 0 spiro atoms. The molecule has 0 unspecified atom stereocenters. The molecule has 0 atom stereocenters. The van der Waals surface area contributed by atoms with Gasteiger partial charge in [-0.15, -0.1) is 0 Å². The molecule has 23 heavy (non-hydrogen) atoms. The fourth-order valence-corrected chi connectivity index (χ4v) is 1.95. The first kappa shape index (κ1) is 17.3. The van der Waals surface area contributed by atoms with Crippen LogP contribution in [0.4, 0.5) is 19.3 Å². The topological polar surface area (TPSA) is 50.4 Å². The average Bonchev–Trinajstić information content (AvgIpc) is 2.51. The first-order valence-electron chi connectivity index (χ1n) is 6.53. The number of urea groups is 1. The highest BCUT2D eigenvalue weighted by Gasteiger charge is 2.05. The Bertz CT molecular complexity index is 714. The van der Waals surface area contributed by atoms with E-state index in [1.54, 1.807) is 12.1 Å². The van der Waals surface area contributed by atoms with Gasteiger partial charge in [-0.1, -0.05) is 23.2 Å².